The van der Waals surface area contributed by atoms with Gasteiger partial charge in [0, 0.05) is 17.2 Å². The second kappa shape index (κ2) is 6.50. The second-order valence-electron chi connectivity index (χ2n) is 4.79. The highest BCUT2D eigenvalue weighted by atomic mass is 16.5. The van der Waals surface area contributed by atoms with Crippen molar-refractivity contribution < 1.29 is 14.2 Å². The molecule has 0 radical (unpaired) electrons. The van der Waals surface area contributed by atoms with E-state index in [0.29, 0.717) is 11.5 Å². The molecule has 1 atom stereocenters. The minimum atomic E-state index is -0.0988. The molecule has 2 rings (SSSR count). The maximum absolute atomic E-state index is 6.02. The zero-order valence-electron chi connectivity index (χ0n) is 12.8. The molecular weight excluding hydrogens is 266 g/mol. The summed E-state index contributed by atoms with van der Waals surface area (Å²) in [4.78, 5) is 0. The minimum Gasteiger partial charge on any atom is -0.496 e. The third-order valence-corrected chi connectivity index (χ3v) is 3.42. The van der Waals surface area contributed by atoms with Gasteiger partial charge < -0.3 is 19.9 Å². The summed E-state index contributed by atoms with van der Waals surface area (Å²) in [6, 6.07) is 11.6. The van der Waals surface area contributed by atoms with E-state index in [1.54, 1.807) is 21.3 Å². The van der Waals surface area contributed by atoms with Gasteiger partial charge in [-0.1, -0.05) is 18.2 Å². The van der Waals surface area contributed by atoms with Crippen molar-refractivity contribution in [1.29, 1.82) is 0 Å². The van der Waals surface area contributed by atoms with Crippen molar-refractivity contribution in [3.63, 3.8) is 0 Å². The fourth-order valence-electron chi connectivity index (χ4n) is 2.32. The number of rotatable bonds is 5. The first-order chi connectivity index (χ1) is 10.1. The van der Waals surface area contributed by atoms with Crippen LogP contribution in [-0.2, 0) is 0 Å². The predicted octanol–water partition coefficient (Wildman–Crippen LogP) is 3.40. The first-order valence-corrected chi connectivity index (χ1v) is 6.77. The Kier molecular flexibility index (Phi) is 4.70. The Morgan fingerprint density at radius 1 is 0.857 bits per heavy atom. The largest absolute Gasteiger partial charge is 0.496 e. The Hall–Kier alpha value is -2.20. The molecule has 4 heteroatoms. The normalized spacial score (nSPS) is 11.9. The molecule has 0 saturated heterocycles. The smallest absolute Gasteiger partial charge is 0.168 e. The summed E-state index contributed by atoms with van der Waals surface area (Å²) in [5.41, 5.74) is 8.85. The molecule has 0 aliphatic heterocycles. The third kappa shape index (κ3) is 2.95. The van der Waals surface area contributed by atoms with E-state index in [9.17, 15) is 0 Å². The fraction of sp³-hybridized carbons (Fsp3) is 0.294. The monoisotopic (exact) mass is 287 g/mol. The molecule has 21 heavy (non-hydrogen) atoms. The van der Waals surface area contributed by atoms with Gasteiger partial charge in [-0.05, 0) is 30.7 Å². The molecule has 0 spiro atoms. The van der Waals surface area contributed by atoms with Crippen molar-refractivity contribution in [3.8, 4) is 28.4 Å². The van der Waals surface area contributed by atoms with Crippen LogP contribution in [0.1, 0.15) is 18.5 Å². The maximum atomic E-state index is 6.02. The second-order valence-corrected chi connectivity index (χ2v) is 4.79. The summed E-state index contributed by atoms with van der Waals surface area (Å²) in [5.74, 6) is 2.11. The SMILES string of the molecule is COc1ccccc1-c1cc(C(C)N)cc(OC)c1OC. The minimum absolute atomic E-state index is 0.0988. The summed E-state index contributed by atoms with van der Waals surface area (Å²) < 4.78 is 16.4. The molecule has 0 saturated carbocycles. The average Bonchev–Trinajstić information content (AvgIpc) is 2.53. The third-order valence-electron chi connectivity index (χ3n) is 3.42. The molecule has 0 fully saturated rings. The number of para-hydroxylation sites is 1. The lowest BCUT2D eigenvalue weighted by atomic mass is 9.98. The Bertz CT molecular complexity index is 623. The van der Waals surface area contributed by atoms with Gasteiger partial charge in [0.05, 0.1) is 21.3 Å². The molecule has 4 nitrogen and oxygen atoms in total. The first-order valence-electron chi connectivity index (χ1n) is 6.77. The van der Waals surface area contributed by atoms with Gasteiger partial charge >= 0.3 is 0 Å². The standard InChI is InChI=1S/C17H21NO3/c1-11(18)12-9-14(17(21-4)16(10-12)20-3)13-7-5-6-8-15(13)19-2/h5-11H,18H2,1-4H3. The summed E-state index contributed by atoms with van der Waals surface area (Å²) in [6.45, 7) is 1.94. The van der Waals surface area contributed by atoms with Crippen LogP contribution in [0.25, 0.3) is 11.1 Å². The van der Waals surface area contributed by atoms with E-state index in [1.807, 2.05) is 43.3 Å². The topological polar surface area (TPSA) is 53.7 Å². The number of nitrogens with two attached hydrogens (primary N) is 1. The van der Waals surface area contributed by atoms with Crippen molar-refractivity contribution in [1.82, 2.24) is 0 Å². The van der Waals surface area contributed by atoms with Crippen molar-refractivity contribution in [2.24, 2.45) is 5.73 Å². The molecule has 0 bridgehead atoms. The van der Waals surface area contributed by atoms with Gasteiger partial charge in [-0.2, -0.15) is 0 Å². The van der Waals surface area contributed by atoms with Crippen LogP contribution in [0.4, 0.5) is 0 Å². The molecule has 2 aromatic carbocycles. The van der Waals surface area contributed by atoms with Crippen LogP contribution < -0.4 is 19.9 Å². The quantitative estimate of drug-likeness (QED) is 0.915. The van der Waals surface area contributed by atoms with Crippen LogP contribution in [0.5, 0.6) is 17.2 Å². The van der Waals surface area contributed by atoms with E-state index < -0.39 is 0 Å². The molecule has 1 unspecified atom stereocenters. The van der Waals surface area contributed by atoms with Gasteiger partial charge in [-0.3, -0.25) is 0 Å². The van der Waals surface area contributed by atoms with Crippen molar-refractivity contribution in [3.05, 3.63) is 42.0 Å². The molecule has 0 aliphatic carbocycles. The average molecular weight is 287 g/mol. The Labute approximate surface area is 125 Å². The fourth-order valence-corrected chi connectivity index (χ4v) is 2.32. The summed E-state index contributed by atoms with van der Waals surface area (Å²) in [7, 11) is 4.90. The zero-order valence-corrected chi connectivity index (χ0v) is 12.8. The first kappa shape index (κ1) is 15.2. The highest BCUT2D eigenvalue weighted by Gasteiger charge is 2.18. The van der Waals surface area contributed by atoms with Gasteiger partial charge in [0.2, 0.25) is 0 Å². The van der Waals surface area contributed by atoms with Crippen LogP contribution in [0.2, 0.25) is 0 Å². The molecule has 2 N–H and O–H groups in total. The molecule has 0 aromatic heterocycles. The number of hydrogen-bond donors (Lipinski definition) is 1. The highest BCUT2D eigenvalue weighted by molar-refractivity contribution is 5.79. The van der Waals surface area contributed by atoms with E-state index in [-0.39, 0.29) is 6.04 Å². The Morgan fingerprint density at radius 2 is 1.52 bits per heavy atom. The van der Waals surface area contributed by atoms with Gasteiger partial charge in [-0.25, -0.2) is 0 Å². The van der Waals surface area contributed by atoms with E-state index >= 15 is 0 Å². The van der Waals surface area contributed by atoms with Gasteiger partial charge in [-0.15, -0.1) is 0 Å². The van der Waals surface area contributed by atoms with Crippen LogP contribution in [0, 0.1) is 0 Å². The summed E-state index contributed by atoms with van der Waals surface area (Å²) in [6.07, 6.45) is 0. The van der Waals surface area contributed by atoms with Crippen molar-refractivity contribution in [2.45, 2.75) is 13.0 Å². The van der Waals surface area contributed by atoms with Crippen LogP contribution >= 0.6 is 0 Å². The van der Waals surface area contributed by atoms with E-state index in [0.717, 1.165) is 22.4 Å². The summed E-state index contributed by atoms with van der Waals surface area (Å²) in [5, 5.41) is 0. The lowest BCUT2D eigenvalue weighted by molar-refractivity contribution is 0.355. The molecule has 2 aromatic rings. The van der Waals surface area contributed by atoms with E-state index in [1.165, 1.54) is 0 Å². The Balaban J connectivity index is 2.73. The number of ether oxygens (including phenoxy) is 3. The van der Waals surface area contributed by atoms with E-state index in [2.05, 4.69) is 0 Å². The van der Waals surface area contributed by atoms with Gasteiger partial charge in [0.25, 0.3) is 0 Å². The number of methoxy groups -OCH3 is 3. The predicted molar refractivity (Wildman–Crippen MR) is 84.1 cm³/mol. The van der Waals surface area contributed by atoms with E-state index in [4.69, 9.17) is 19.9 Å². The van der Waals surface area contributed by atoms with Crippen LogP contribution in [0.15, 0.2) is 36.4 Å². The highest BCUT2D eigenvalue weighted by Crippen LogP contribution is 2.43. The van der Waals surface area contributed by atoms with Crippen LogP contribution in [-0.4, -0.2) is 21.3 Å². The number of hydrogen-bond acceptors (Lipinski definition) is 4. The molecule has 0 aliphatic rings. The molecular formula is C17H21NO3. The van der Waals surface area contributed by atoms with Gasteiger partial charge in [0.1, 0.15) is 5.75 Å². The van der Waals surface area contributed by atoms with Crippen molar-refractivity contribution >= 4 is 0 Å². The molecule has 112 valence electrons. The maximum Gasteiger partial charge on any atom is 0.168 e. The van der Waals surface area contributed by atoms with Crippen LogP contribution in [0.3, 0.4) is 0 Å². The molecule has 0 amide bonds. The number of benzene rings is 2. The van der Waals surface area contributed by atoms with Gasteiger partial charge in [0.15, 0.2) is 11.5 Å². The lowest BCUT2D eigenvalue weighted by Crippen LogP contribution is -2.06. The van der Waals surface area contributed by atoms with Crippen molar-refractivity contribution in [2.75, 3.05) is 21.3 Å². The Morgan fingerprint density at radius 3 is 2.10 bits per heavy atom. The summed E-state index contributed by atoms with van der Waals surface area (Å²) >= 11 is 0. The zero-order chi connectivity index (χ0) is 15.4. The molecule has 0 heterocycles. The lowest BCUT2D eigenvalue weighted by Gasteiger charge is -2.18.